The Kier molecular flexibility index (Phi) is 8.42. The van der Waals surface area contributed by atoms with Crippen molar-refractivity contribution in [3.05, 3.63) is 48.5 Å². The van der Waals surface area contributed by atoms with Gasteiger partial charge in [-0.05, 0) is 36.4 Å². The van der Waals surface area contributed by atoms with Crippen LogP contribution in [0.15, 0.2) is 58.3 Å². The molecule has 0 heterocycles. The molecule has 0 bridgehead atoms. The lowest BCUT2D eigenvalue weighted by Gasteiger charge is -2.18. The third-order valence-electron chi connectivity index (χ3n) is 4.03. The Labute approximate surface area is 173 Å². The quantitative estimate of drug-likeness (QED) is 0.541. The minimum absolute atomic E-state index is 0.101. The van der Waals surface area contributed by atoms with E-state index in [4.69, 9.17) is 0 Å². The number of rotatable bonds is 10. The lowest BCUT2D eigenvalue weighted by atomic mass is 10.3. The smallest absolute Gasteiger partial charge is 0.288 e. The third kappa shape index (κ3) is 6.41. The Balaban J connectivity index is 1.98. The number of anilines is 2. The number of hydrogen-bond acceptors (Lipinski definition) is 5. The largest absolute Gasteiger partial charge is 0.376 e. The van der Waals surface area contributed by atoms with Gasteiger partial charge in [-0.3, -0.25) is 4.79 Å². The average molecular weight is 444 g/mol. The summed E-state index contributed by atoms with van der Waals surface area (Å²) in [6.07, 6.45) is 0. The number of alkyl halides is 2. The lowest BCUT2D eigenvalue weighted by molar-refractivity contribution is -0.114. The summed E-state index contributed by atoms with van der Waals surface area (Å²) in [4.78, 5) is 12.6. The fourth-order valence-corrected chi connectivity index (χ4v) is 4.66. The van der Waals surface area contributed by atoms with Crippen LogP contribution in [-0.4, -0.2) is 44.0 Å². The normalized spacial score (nSPS) is 11.7. The zero-order chi connectivity index (χ0) is 21.4. The van der Waals surface area contributed by atoms with Crippen LogP contribution >= 0.6 is 11.8 Å². The highest BCUT2D eigenvalue weighted by atomic mass is 32.2. The number of benzene rings is 2. The number of thioether (sulfide) groups is 1. The second-order valence-corrected chi connectivity index (χ2v) is 8.86. The van der Waals surface area contributed by atoms with E-state index in [1.807, 2.05) is 0 Å². The second-order valence-electron chi connectivity index (χ2n) is 5.89. The summed E-state index contributed by atoms with van der Waals surface area (Å²) in [7, 11) is -3.54. The van der Waals surface area contributed by atoms with Crippen LogP contribution in [0.5, 0.6) is 0 Å². The minimum Gasteiger partial charge on any atom is -0.376 e. The van der Waals surface area contributed by atoms with Gasteiger partial charge in [0.2, 0.25) is 15.9 Å². The van der Waals surface area contributed by atoms with Gasteiger partial charge in [-0.15, -0.1) is 0 Å². The Morgan fingerprint density at radius 3 is 2.28 bits per heavy atom. The van der Waals surface area contributed by atoms with Crippen LogP contribution in [0.2, 0.25) is 0 Å². The number of carbonyl (C=O) groups is 1. The van der Waals surface area contributed by atoms with Gasteiger partial charge in [0.05, 0.1) is 17.1 Å². The van der Waals surface area contributed by atoms with Gasteiger partial charge in [0.1, 0.15) is 0 Å². The van der Waals surface area contributed by atoms with E-state index in [2.05, 4.69) is 10.6 Å². The molecular formula is C19H23F2N3O3S2. The van der Waals surface area contributed by atoms with Gasteiger partial charge in [0, 0.05) is 23.7 Å². The number of sulfonamides is 1. The van der Waals surface area contributed by atoms with Crippen molar-refractivity contribution in [1.29, 1.82) is 0 Å². The summed E-state index contributed by atoms with van der Waals surface area (Å²) >= 11 is 0.362. The van der Waals surface area contributed by atoms with Crippen molar-refractivity contribution in [1.82, 2.24) is 4.31 Å². The molecule has 0 aliphatic heterocycles. The van der Waals surface area contributed by atoms with E-state index in [1.54, 1.807) is 44.2 Å². The Morgan fingerprint density at radius 2 is 1.69 bits per heavy atom. The average Bonchev–Trinajstić information content (AvgIpc) is 2.68. The first kappa shape index (κ1) is 23.1. The van der Waals surface area contributed by atoms with Crippen molar-refractivity contribution in [2.45, 2.75) is 29.4 Å². The zero-order valence-electron chi connectivity index (χ0n) is 16.1. The van der Waals surface area contributed by atoms with Crippen molar-refractivity contribution in [3.63, 3.8) is 0 Å². The molecule has 0 aliphatic carbocycles. The lowest BCUT2D eigenvalue weighted by Crippen LogP contribution is -2.30. The molecule has 29 heavy (non-hydrogen) atoms. The first-order valence-electron chi connectivity index (χ1n) is 8.95. The number of para-hydroxylation sites is 1. The maximum Gasteiger partial charge on any atom is 0.288 e. The van der Waals surface area contributed by atoms with Gasteiger partial charge in [-0.25, -0.2) is 8.42 Å². The molecule has 2 aromatic rings. The van der Waals surface area contributed by atoms with Crippen molar-refractivity contribution in [3.8, 4) is 0 Å². The van der Waals surface area contributed by atoms with Gasteiger partial charge in [0.25, 0.3) is 5.76 Å². The van der Waals surface area contributed by atoms with Crippen LogP contribution in [0.25, 0.3) is 0 Å². The Morgan fingerprint density at radius 1 is 1.07 bits per heavy atom. The van der Waals surface area contributed by atoms with E-state index in [0.717, 1.165) is 0 Å². The molecule has 2 rings (SSSR count). The van der Waals surface area contributed by atoms with Gasteiger partial charge in [0.15, 0.2) is 0 Å². The van der Waals surface area contributed by atoms with Crippen molar-refractivity contribution >= 4 is 39.1 Å². The first-order valence-corrected chi connectivity index (χ1v) is 11.3. The van der Waals surface area contributed by atoms with Crippen LogP contribution in [0, 0.1) is 0 Å². The molecule has 2 N–H and O–H groups in total. The van der Waals surface area contributed by atoms with Crippen molar-refractivity contribution < 1.29 is 22.0 Å². The molecule has 0 saturated carbocycles. The fraction of sp³-hybridized carbons (Fsp3) is 0.316. The highest BCUT2D eigenvalue weighted by molar-refractivity contribution is 7.99. The molecule has 2 aromatic carbocycles. The molecule has 0 atom stereocenters. The predicted octanol–water partition coefficient (Wildman–Crippen LogP) is 4.08. The SMILES string of the molecule is CCN(CC)S(=O)(=O)c1ccc(NCC(=O)Nc2ccccc2SC(F)F)cc1. The van der Waals surface area contributed by atoms with Gasteiger partial charge < -0.3 is 10.6 Å². The standard InChI is InChI=1S/C19H23F2N3O3S2/c1-3-24(4-2)29(26,27)15-11-9-14(10-12-15)22-13-18(25)23-16-7-5-6-8-17(16)28-19(20)21/h5-12,19,22H,3-4,13H2,1-2H3,(H,23,25). The maximum absolute atomic E-state index is 12.6. The predicted molar refractivity (Wildman–Crippen MR) is 112 cm³/mol. The van der Waals surface area contributed by atoms with E-state index in [0.29, 0.717) is 36.2 Å². The van der Waals surface area contributed by atoms with E-state index in [-0.39, 0.29) is 16.3 Å². The fourth-order valence-electron chi connectivity index (χ4n) is 2.60. The number of nitrogens with zero attached hydrogens (tertiary/aromatic N) is 1. The molecular weight excluding hydrogens is 420 g/mol. The highest BCUT2D eigenvalue weighted by Crippen LogP contribution is 2.31. The molecule has 1 amide bonds. The van der Waals surface area contributed by atoms with Gasteiger partial charge in [-0.2, -0.15) is 13.1 Å². The summed E-state index contributed by atoms with van der Waals surface area (Å²) in [5.41, 5.74) is 0.874. The molecule has 0 unspecified atom stereocenters. The number of hydrogen-bond donors (Lipinski definition) is 2. The van der Waals surface area contributed by atoms with E-state index in [9.17, 15) is 22.0 Å². The molecule has 0 radical (unpaired) electrons. The summed E-state index contributed by atoms with van der Waals surface area (Å²) in [5.74, 6) is -3.00. The first-order chi connectivity index (χ1) is 13.8. The number of nitrogens with one attached hydrogen (secondary N) is 2. The molecule has 0 aliphatic rings. The van der Waals surface area contributed by atoms with Crippen LogP contribution < -0.4 is 10.6 Å². The monoisotopic (exact) mass is 443 g/mol. The minimum atomic E-state index is -3.54. The summed E-state index contributed by atoms with van der Waals surface area (Å²) in [5, 5.41) is 5.48. The summed E-state index contributed by atoms with van der Waals surface area (Å²) in [6.45, 7) is 4.20. The van der Waals surface area contributed by atoms with Crippen LogP contribution in [0.1, 0.15) is 13.8 Å². The molecule has 0 saturated heterocycles. The molecule has 158 valence electrons. The topological polar surface area (TPSA) is 78.5 Å². The molecule has 0 aromatic heterocycles. The van der Waals surface area contributed by atoms with Crippen molar-refractivity contribution in [2.75, 3.05) is 30.3 Å². The van der Waals surface area contributed by atoms with Gasteiger partial charge in [-0.1, -0.05) is 37.7 Å². The molecule has 0 fully saturated rings. The number of halogens is 2. The van der Waals surface area contributed by atoms with E-state index in [1.165, 1.54) is 22.5 Å². The van der Waals surface area contributed by atoms with Crippen molar-refractivity contribution in [2.24, 2.45) is 0 Å². The summed E-state index contributed by atoms with van der Waals surface area (Å²) < 4.78 is 51.5. The zero-order valence-corrected chi connectivity index (χ0v) is 17.7. The highest BCUT2D eigenvalue weighted by Gasteiger charge is 2.21. The second kappa shape index (κ2) is 10.6. The van der Waals surface area contributed by atoms with E-state index < -0.39 is 21.7 Å². The maximum atomic E-state index is 12.6. The van der Waals surface area contributed by atoms with Gasteiger partial charge >= 0.3 is 0 Å². The Bertz CT molecular complexity index is 919. The molecule has 0 spiro atoms. The van der Waals surface area contributed by atoms with Crippen LogP contribution in [0.3, 0.4) is 0 Å². The number of carbonyl (C=O) groups excluding carboxylic acids is 1. The van der Waals surface area contributed by atoms with E-state index >= 15 is 0 Å². The van der Waals surface area contributed by atoms with Crippen LogP contribution in [-0.2, 0) is 14.8 Å². The third-order valence-corrected chi connectivity index (χ3v) is 6.88. The molecule has 10 heteroatoms. The summed E-state index contributed by atoms with van der Waals surface area (Å²) in [6, 6.07) is 12.4. The molecule has 6 nitrogen and oxygen atoms in total. The van der Waals surface area contributed by atoms with Crippen LogP contribution in [0.4, 0.5) is 20.2 Å². The number of amides is 1. The Hall–Kier alpha value is -2.17.